The van der Waals surface area contributed by atoms with Crippen molar-refractivity contribution in [1.29, 1.82) is 0 Å². The van der Waals surface area contributed by atoms with Crippen molar-refractivity contribution in [2.24, 2.45) is 23.3 Å². The lowest BCUT2D eigenvalue weighted by molar-refractivity contribution is -0.192. The van der Waals surface area contributed by atoms with Crippen molar-refractivity contribution >= 4 is 23.8 Å². The van der Waals surface area contributed by atoms with E-state index in [1.54, 1.807) is 6.92 Å². The van der Waals surface area contributed by atoms with Crippen molar-refractivity contribution < 1.29 is 47.0 Å². The summed E-state index contributed by atoms with van der Waals surface area (Å²) >= 11 is 0. The quantitative estimate of drug-likeness (QED) is 0.356. The zero-order valence-corrected chi connectivity index (χ0v) is 23.7. The minimum absolute atomic E-state index is 0.0556. The summed E-state index contributed by atoms with van der Waals surface area (Å²) in [5, 5.41) is 16.6. The van der Waals surface area contributed by atoms with Gasteiger partial charge in [0.05, 0.1) is 5.56 Å². The molecule has 1 aliphatic heterocycles. The molecular formula is C30H35F4N3O6. The fourth-order valence-corrected chi connectivity index (χ4v) is 6.27. The highest BCUT2D eigenvalue weighted by molar-refractivity contribution is 5.93. The Balaban J connectivity index is 0.000000646. The fourth-order valence-electron chi connectivity index (χ4n) is 6.27. The Morgan fingerprint density at radius 1 is 0.977 bits per heavy atom. The average molecular weight is 610 g/mol. The van der Waals surface area contributed by atoms with E-state index in [-0.39, 0.29) is 30.0 Å². The van der Waals surface area contributed by atoms with E-state index in [2.05, 4.69) is 0 Å². The van der Waals surface area contributed by atoms with Gasteiger partial charge in [0.1, 0.15) is 11.4 Å². The molecule has 0 spiro atoms. The van der Waals surface area contributed by atoms with E-state index in [1.165, 1.54) is 23.1 Å². The number of hydrogen-bond donors (Lipinski definition) is 4. The highest BCUT2D eigenvalue weighted by Gasteiger charge is 2.58. The molecule has 6 N–H and O–H groups in total. The molecule has 13 heteroatoms. The van der Waals surface area contributed by atoms with Crippen LogP contribution in [0.15, 0.2) is 48.5 Å². The molecule has 4 rings (SSSR count). The predicted octanol–water partition coefficient (Wildman–Crippen LogP) is 4.26. The third-order valence-corrected chi connectivity index (χ3v) is 8.64. The molecule has 2 aromatic rings. The number of carboxylic acid groups (broad SMARTS) is 2. The number of alkyl halides is 3. The van der Waals surface area contributed by atoms with Crippen LogP contribution in [-0.4, -0.2) is 63.2 Å². The van der Waals surface area contributed by atoms with Gasteiger partial charge in [-0.15, -0.1) is 0 Å². The maximum absolute atomic E-state index is 15.5. The van der Waals surface area contributed by atoms with Gasteiger partial charge in [0.2, 0.25) is 11.8 Å². The van der Waals surface area contributed by atoms with Crippen molar-refractivity contribution in [2.75, 3.05) is 6.54 Å². The first-order valence-electron chi connectivity index (χ1n) is 13.7. The van der Waals surface area contributed by atoms with E-state index < -0.39 is 52.8 Å². The first kappa shape index (κ1) is 33.5. The highest BCUT2D eigenvalue weighted by atomic mass is 19.4. The van der Waals surface area contributed by atoms with Crippen LogP contribution >= 0.6 is 0 Å². The molecule has 2 fully saturated rings. The van der Waals surface area contributed by atoms with Crippen molar-refractivity contribution in [3.63, 3.8) is 0 Å². The van der Waals surface area contributed by atoms with Crippen LogP contribution in [-0.2, 0) is 14.4 Å². The summed E-state index contributed by atoms with van der Waals surface area (Å²) < 4.78 is 47.2. The number of amides is 2. The van der Waals surface area contributed by atoms with Crippen molar-refractivity contribution in [3.05, 3.63) is 71.0 Å². The molecule has 234 valence electrons. The predicted molar refractivity (Wildman–Crippen MR) is 147 cm³/mol. The number of carboxylic acids is 2. The Morgan fingerprint density at radius 3 is 2.00 bits per heavy atom. The Labute approximate surface area is 245 Å². The van der Waals surface area contributed by atoms with E-state index in [4.69, 9.17) is 21.4 Å². The smallest absolute Gasteiger partial charge is 0.478 e. The molecule has 43 heavy (non-hydrogen) atoms. The van der Waals surface area contributed by atoms with Gasteiger partial charge >= 0.3 is 18.1 Å². The maximum Gasteiger partial charge on any atom is 0.490 e. The summed E-state index contributed by atoms with van der Waals surface area (Å²) in [5.41, 5.74) is 11.1. The number of halogens is 4. The van der Waals surface area contributed by atoms with Gasteiger partial charge in [-0.3, -0.25) is 9.59 Å². The zero-order valence-electron chi connectivity index (χ0n) is 23.7. The summed E-state index contributed by atoms with van der Waals surface area (Å²) in [6, 6.07) is 13.4. The number of likely N-dealkylation sites (tertiary alicyclic amines) is 1. The van der Waals surface area contributed by atoms with Crippen molar-refractivity contribution in [2.45, 2.75) is 69.1 Å². The van der Waals surface area contributed by atoms with Gasteiger partial charge in [0.15, 0.2) is 0 Å². The molecule has 2 unspecified atom stereocenters. The van der Waals surface area contributed by atoms with Gasteiger partial charge in [-0.2, -0.15) is 13.2 Å². The Morgan fingerprint density at radius 2 is 1.53 bits per heavy atom. The molecule has 2 aliphatic rings. The minimum Gasteiger partial charge on any atom is -0.478 e. The normalized spacial score (nSPS) is 26.2. The summed E-state index contributed by atoms with van der Waals surface area (Å²) in [6.45, 7) is 3.69. The molecular weight excluding hydrogens is 574 g/mol. The molecule has 1 saturated carbocycles. The summed E-state index contributed by atoms with van der Waals surface area (Å²) in [7, 11) is 0. The molecule has 0 radical (unpaired) electrons. The van der Waals surface area contributed by atoms with Crippen LogP contribution in [0.1, 0.15) is 72.9 Å². The number of rotatable bonds is 6. The van der Waals surface area contributed by atoms with Crippen LogP contribution in [0.4, 0.5) is 17.6 Å². The Bertz CT molecular complexity index is 1350. The van der Waals surface area contributed by atoms with Gasteiger partial charge in [-0.05, 0) is 62.6 Å². The lowest BCUT2D eigenvalue weighted by Crippen LogP contribution is -2.58. The highest BCUT2D eigenvalue weighted by Crippen LogP contribution is 2.52. The average Bonchev–Trinajstić information content (AvgIpc) is 3.27. The molecule has 0 aromatic heterocycles. The molecule has 9 nitrogen and oxygen atoms in total. The second-order valence-electron chi connectivity index (χ2n) is 11.2. The molecule has 1 aliphatic carbocycles. The Kier molecular flexibility index (Phi) is 10.2. The topological polar surface area (TPSA) is 164 Å². The lowest BCUT2D eigenvalue weighted by Gasteiger charge is -2.40. The van der Waals surface area contributed by atoms with E-state index in [0.717, 1.165) is 18.4 Å². The summed E-state index contributed by atoms with van der Waals surface area (Å²) in [4.78, 5) is 49.1. The number of primary amides is 1. The van der Waals surface area contributed by atoms with Crippen LogP contribution in [0.2, 0.25) is 0 Å². The summed E-state index contributed by atoms with van der Waals surface area (Å²) in [5.74, 6) is -7.06. The second-order valence-corrected chi connectivity index (χ2v) is 11.2. The minimum atomic E-state index is -5.08. The monoisotopic (exact) mass is 609 g/mol. The molecule has 4 atom stereocenters. The first-order valence-corrected chi connectivity index (χ1v) is 13.7. The van der Waals surface area contributed by atoms with Crippen LogP contribution in [0.3, 0.4) is 0 Å². The maximum atomic E-state index is 15.5. The van der Waals surface area contributed by atoms with Crippen LogP contribution < -0.4 is 11.5 Å². The molecule has 2 aromatic carbocycles. The molecule has 2 amide bonds. The number of aliphatic carboxylic acids is 1. The van der Waals surface area contributed by atoms with Crippen molar-refractivity contribution in [3.8, 4) is 0 Å². The number of benzene rings is 2. The number of aromatic carboxylic acids is 1. The number of carbonyl (C=O) groups is 4. The Hall–Kier alpha value is -4.00. The standard InChI is InChI=1S/C28H34FN3O4.C2HF3O2/c1-16(30)17-11-13-19(14-12-17)25(33)32-15-22(20-9-6-10-21(24(20)29)26(34)35)23(28(32,2)27(31)36)18-7-4-3-5-8-18;3-2(4,5)1(6)7/h3-10,16-17,19,22-23H,11-15,30H2,1-2H3,(H2,31,36)(H,34,35);(H,6,7)/t16?,17?,19?,22?,23-,28+;/m1./s1. The SMILES string of the molecule is CC(N)C1CCC(C(=O)N2CC(c3cccc(C(=O)O)c3F)[C@@H](c3ccccc3)[C@@]2(C)C(N)=O)CC1.O=C(O)C(F)(F)F. The van der Waals surface area contributed by atoms with Gasteiger partial charge < -0.3 is 26.6 Å². The van der Waals surface area contributed by atoms with Gasteiger partial charge in [-0.25, -0.2) is 14.0 Å². The van der Waals surface area contributed by atoms with E-state index in [1.807, 2.05) is 37.3 Å². The number of nitrogens with zero attached hydrogens (tertiary/aromatic N) is 1. The second kappa shape index (κ2) is 13.1. The van der Waals surface area contributed by atoms with E-state index in [0.29, 0.717) is 18.8 Å². The van der Waals surface area contributed by atoms with Crippen LogP contribution in [0.25, 0.3) is 0 Å². The van der Waals surface area contributed by atoms with Crippen LogP contribution in [0, 0.1) is 17.7 Å². The van der Waals surface area contributed by atoms with Crippen molar-refractivity contribution in [1.82, 2.24) is 4.90 Å². The van der Waals surface area contributed by atoms with Gasteiger partial charge in [0.25, 0.3) is 0 Å². The van der Waals surface area contributed by atoms with Gasteiger partial charge in [-0.1, -0.05) is 42.5 Å². The van der Waals surface area contributed by atoms with Crippen LogP contribution in [0.5, 0.6) is 0 Å². The van der Waals surface area contributed by atoms with E-state index >= 15 is 4.39 Å². The third kappa shape index (κ3) is 6.98. The van der Waals surface area contributed by atoms with Gasteiger partial charge in [0, 0.05) is 30.3 Å². The number of carbonyl (C=O) groups excluding carboxylic acids is 2. The van der Waals surface area contributed by atoms with E-state index in [9.17, 15) is 32.7 Å². The third-order valence-electron chi connectivity index (χ3n) is 8.64. The molecule has 0 bridgehead atoms. The summed E-state index contributed by atoms with van der Waals surface area (Å²) in [6.07, 6.45) is -2.09. The molecule has 1 heterocycles. The number of nitrogens with two attached hydrogens (primary N) is 2. The lowest BCUT2D eigenvalue weighted by atomic mass is 9.73. The zero-order chi connectivity index (χ0) is 32.3. The largest absolute Gasteiger partial charge is 0.490 e. The number of hydrogen-bond acceptors (Lipinski definition) is 5. The fraction of sp³-hybridized carbons (Fsp3) is 0.467. The molecule has 1 saturated heterocycles. The first-order chi connectivity index (χ1) is 20.0.